The number of ether oxygens (including phenoxy) is 2. The number of carbonyl (C=O) groups excluding carboxylic acids is 1. The molecular weight excluding hydrogens is 322 g/mol. The van der Waals surface area contributed by atoms with E-state index in [0.29, 0.717) is 23.8 Å². The molecule has 0 radical (unpaired) electrons. The van der Waals surface area contributed by atoms with Crippen molar-refractivity contribution in [3.05, 3.63) is 40.8 Å². The van der Waals surface area contributed by atoms with Crippen molar-refractivity contribution in [3.8, 4) is 11.5 Å². The zero-order chi connectivity index (χ0) is 17.4. The quantitative estimate of drug-likeness (QED) is 0.881. The molecule has 1 aromatic carbocycles. The van der Waals surface area contributed by atoms with Crippen LogP contribution in [0.15, 0.2) is 22.7 Å². The van der Waals surface area contributed by atoms with Gasteiger partial charge in [0.2, 0.25) is 6.79 Å². The Morgan fingerprint density at radius 1 is 1.20 bits per heavy atom. The summed E-state index contributed by atoms with van der Waals surface area (Å²) in [5, 5.41) is 3.88. The van der Waals surface area contributed by atoms with Crippen molar-refractivity contribution in [1.82, 2.24) is 10.1 Å². The molecule has 0 saturated carbocycles. The molecule has 1 aromatic heterocycles. The van der Waals surface area contributed by atoms with E-state index in [9.17, 15) is 4.79 Å². The molecule has 4 rings (SSSR count). The van der Waals surface area contributed by atoms with E-state index in [0.717, 1.165) is 44.2 Å². The van der Waals surface area contributed by atoms with E-state index in [4.69, 9.17) is 14.0 Å². The van der Waals surface area contributed by atoms with E-state index in [2.05, 4.69) is 17.3 Å². The molecule has 2 aliphatic heterocycles. The number of benzene rings is 1. The van der Waals surface area contributed by atoms with Gasteiger partial charge in [-0.1, -0.05) is 5.16 Å². The molecule has 132 valence electrons. The fourth-order valence-electron chi connectivity index (χ4n) is 3.49. The molecule has 2 aromatic rings. The van der Waals surface area contributed by atoms with Gasteiger partial charge in [-0.25, -0.2) is 0 Å². The third-order valence-electron chi connectivity index (χ3n) is 4.90. The molecule has 7 heteroatoms. The fourth-order valence-corrected chi connectivity index (χ4v) is 3.49. The third-order valence-corrected chi connectivity index (χ3v) is 4.90. The first kappa shape index (κ1) is 16.0. The van der Waals surface area contributed by atoms with Gasteiger partial charge in [-0.3, -0.25) is 4.79 Å². The average Bonchev–Trinajstić information content (AvgIpc) is 3.21. The molecule has 3 heterocycles. The van der Waals surface area contributed by atoms with Gasteiger partial charge < -0.3 is 23.8 Å². The second-order valence-electron chi connectivity index (χ2n) is 6.61. The molecule has 0 unspecified atom stereocenters. The lowest BCUT2D eigenvalue weighted by atomic mass is 10.1. The Hall–Kier alpha value is -2.54. The van der Waals surface area contributed by atoms with E-state index >= 15 is 0 Å². The predicted molar refractivity (Wildman–Crippen MR) is 88.8 cm³/mol. The fraction of sp³-hybridized carbons (Fsp3) is 0.444. The number of carbonyl (C=O) groups is 1. The molecule has 2 aliphatic rings. The first-order chi connectivity index (χ1) is 12.1. The van der Waals surface area contributed by atoms with Crippen LogP contribution in [0.25, 0.3) is 0 Å². The summed E-state index contributed by atoms with van der Waals surface area (Å²) in [4.78, 5) is 16.0. The largest absolute Gasteiger partial charge is 0.454 e. The summed E-state index contributed by atoms with van der Waals surface area (Å²) in [5.41, 5.74) is 2.50. The molecule has 1 amide bonds. The van der Waals surface area contributed by atoms with Crippen LogP contribution in [-0.4, -0.2) is 48.9 Å². The molecule has 25 heavy (non-hydrogen) atoms. The van der Waals surface area contributed by atoms with E-state index in [1.54, 1.807) is 6.92 Å². The van der Waals surface area contributed by atoms with Crippen LogP contribution < -0.4 is 14.4 Å². The number of rotatable bonds is 3. The Morgan fingerprint density at radius 3 is 2.68 bits per heavy atom. The highest BCUT2D eigenvalue weighted by molar-refractivity contribution is 5.96. The predicted octanol–water partition coefficient (Wildman–Crippen LogP) is 0.561. The molecule has 0 spiro atoms. The Balaban J connectivity index is 1.36. The minimum atomic E-state index is 0.0263. The van der Waals surface area contributed by atoms with Crippen LogP contribution in [-0.2, 0) is 6.54 Å². The number of hydrogen-bond donors (Lipinski definition) is 1. The Bertz CT molecular complexity index is 774. The number of nitrogens with one attached hydrogen (secondary N) is 1. The van der Waals surface area contributed by atoms with Gasteiger partial charge >= 0.3 is 0 Å². The number of nitrogens with zero attached hydrogens (tertiary/aromatic N) is 2. The van der Waals surface area contributed by atoms with Crippen LogP contribution in [0.3, 0.4) is 0 Å². The number of piperazine rings is 1. The molecule has 1 fully saturated rings. The van der Waals surface area contributed by atoms with Crippen LogP contribution in [0.4, 0.5) is 0 Å². The molecule has 7 nitrogen and oxygen atoms in total. The molecule has 0 aliphatic carbocycles. The number of fused-ring (bicyclic) bond motifs is 1. The van der Waals surface area contributed by atoms with Crippen molar-refractivity contribution in [3.63, 3.8) is 0 Å². The van der Waals surface area contributed by atoms with Gasteiger partial charge in [0.25, 0.3) is 5.91 Å². The molecule has 1 saturated heterocycles. The third kappa shape index (κ3) is 3.07. The maximum Gasteiger partial charge on any atom is 0.259 e. The van der Waals surface area contributed by atoms with Crippen LogP contribution in [0, 0.1) is 13.8 Å². The van der Waals surface area contributed by atoms with Gasteiger partial charge in [-0.2, -0.15) is 0 Å². The summed E-state index contributed by atoms with van der Waals surface area (Å²) in [7, 11) is 0. The highest BCUT2D eigenvalue weighted by atomic mass is 16.7. The molecule has 0 atom stereocenters. The summed E-state index contributed by atoms with van der Waals surface area (Å²) < 4.78 is 15.9. The van der Waals surface area contributed by atoms with E-state index in [-0.39, 0.29) is 5.91 Å². The minimum Gasteiger partial charge on any atom is -0.454 e. The van der Waals surface area contributed by atoms with E-state index < -0.39 is 0 Å². The average molecular weight is 344 g/mol. The number of quaternary nitrogens is 1. The smallest absolute Gasteiger partial charge is 0.259 e. The van der Waals surface area contributed by atoms with Gasteiger partial charge in [0.1, 0.15) is 17.9 Å². The lowest BCUT2D eigenvalue weighted by Crippen LogP contribution is -3.13. The monoisotopic (exact) mass is 344 g/mol. The van der Waals surface area contributed by atoms with Gasteiger partial charge in [-0.15, -0.1) is 0 Å². The Kier molecular flexibility index (Phi) is 4.09. The van der Waals surface area contributed by atoms with Crippen molar-refractivity contribution in [2.24, 2.45) is 0 Å². The number of aromatic nitrogens is 1. The highest BCUT2D eigenvalue weighted by Crippen LogP contribution is 2.32. The number of amides is 1. The normalized spacial score (nSPS) is 17.1. The summed E-state index contributed by atoms with van der Waals surface area (Å²) in [6, 6.07) is 6.10. The zero-order valence-corrected chi connectivity index (χ0v) is 14.5. The Morgan fingerprint density at radius 2 is 1.96 bits per heavy atom. The van der Waals surface area contributed by atoms with Crippen molar-refractivity contribution < 1.29 is 23.7 Å². The van der Waals surface area contributed by atoms with Crippen LogP contribution in [0.2, 0.25) is 0 Å². The van der Waals surface area contributed by atoms with Gasteiger partial charge in [0, 0.05) is 5.56 Å². The van der Waals surface area contributed by atoms with Crippen LogP contribution >= 0.6 is 0 Å². The van der Waals surface area contributed by atoms with Crippen LogP contribution in [0.5, 0.6) is 11.5 Å². The van der Waals surface area contributed by atoms with E-state index in [1.807, 2.05) is 17.9 Å². The minimum absolute atomic E-state index is 0.0263. The highest BCUT2D eigenvalue weighted by Gasteiger charge is 2.28. The summed E-state index contributed by atoms with van der Waals surface area (Å²) >= 11 is 0. The first-order valence-corrected chi connectivity index (χ1v) is 8.56. The van der Waals surface area contributed by atoms with Crippen molar-refractivity contribution in [1.29, 1.82) is 0 Å². The van der Waals surface area contributed by atoms with Crippen LogP contribution in [0.1, 0.15) is 27.4 Å². The SMILES string of the molecule is Cc1noc(C)c1C(=O)N1CC[NH+](Cc2ccc3c(c2)OCO3)CC1. The van der Waals surface area contributed by atoms with Crippen molar-refractivity contribution in [2.45, 2.75) is 20.4 Å². The van der Waals surface area contributed by atoms with E-state index in [1.165, 1.54) is 10.5 Å². The summed E-state index contributed by atoms with van der Waals surface area (Å²) in [6.45, 7) is 8.13. The number of hydrogen-bond acceptors (Lipinski definition) is 5. The lowest BCUT2D eigenvalue weighted by molar-refractivity contribution is -0.917. The number of aryl methyl sites for hydroxylation is 2. The Labute approximate surface area is 146 Å². The first-order valence-electron chi connectivity index (χ1n) is 8.56. The summed E-state index contributed by atoms with van der Waals surface area (Å²) in [6.07, 6.45) is 0. The second kappa shape index (κ2) is 6.40. The maximum absolute atomic E-state index is 12.7. The second-order valence-corrected chi connectivity index (χ2v) is 6.61. The lowest BCUT2D eigenvalue weighted by Gasteiger charge is -2.32. The topological polar surface area (TPSA) is 69.2 Å². The van der Waals surface area contributed by atoms with Gasteiger partial charge in [0.15, 0.2) is 11.5 Å². The maximum atomic E-state index is 12.7. The van der Waals surface area contributed by atoms with Crippen molar-refractivity contribution in [2.75, 3.05) is 33.0 Å². The summed E-state index contributed by atoms with van der Waals surface area (Å²) in [5.74, 6) is 2.26. The molecule has 1 N–H and O–H groups in total. The molecular formula is C18H22N3O4+. The van der Waals surface area contributed by atoms with Gasteiger partial charge in [0.05, 0.1) is 31.9 Å². The standard InChI is InChI=1S/C18H21N3O4/c1-12-17(13(2)25-19-12)18(22)21-7-5-20(6-8-21)10-14-3-4-15-16(9-14)24-11-23-15/h3-4,9H,5-8,10-11H2,1-2H3/p+1. The van der Waals surface area contributed by atoms with Gasteiger partial charge in [-0.05, 0) is 32.0 Å². The molecule has 0 bridgehead atoms. The zero-order valence-electron chi connectivity index (χ0n) is 14.5. The van der Waals surface area contributed by atoms with Crippen molar-refractivity contribution >= 4 is 5.91 Å².